The van der Waals surface area contributed by atoms with Crippen LogP contribution in [-0.2, 0) is 16.2 Å². The van der Waals surface area contributed by atoms with Crippen LogP contribution in [0.4, 0.5) is 34.1 Å². The molecule has 0 unspecified atom stereocenters. The van der Waals surface area contributed by atoms with Crippen molar-refractivity contribution in [1.82, 2.24) is 9.13 Å². The molecular formula is C114H87BN4. The van der Waals surface area contributed by atoms with Gasteiger partial charge in [-0.05, 0) is 175 Å². The normalized spacial score (nSPS) is 13.0. The van der Waals surface area contributed by atoms with Crippen molar-refractivity contribution in [3.63, 3.8) is 0 Å². The van der Waals surface area contributed by atoms with E-state index in [2.05, 4.69) is 445 Å². The molecule has 21 aromatic rings. The van der Waals surface area contributed by atoms with Crippen LogP contribution in [0, 0.1) is 0 Å². The van der Waals surface area contributed by atoms with Gasteiger partial charge < -0.3 is 18.9 Å². The summed E-state index contributed by atoms with van der Waals surface area (Å²) < 4.78 is 5.32. The topological polar surface area (TPSA) is 16.3 Å². The van der Waals surface area contributed by atoms with Gasteiger partial charge in [0.1, 0.15) is 0 Å². The molecule has 2 aliphatic rings. The third-order valence-electron chi connectivity index (χ3n) is 26.2. The molecule has 4 nitrogen and oxygen atoms in total. The van der Waals surface area contributed by atoms with Crippen molar-refractivity contribution < 1.29 is 0 Å². The van der Waals surface area contributed by atoms with Crippen molar-refractivity contribution in [2.24, 2.45) is 0 Å². The number of fused-ring (bicyclic) bond motifs is 24. The molecule has 5 heteroatoms. The fourth-order valence-electron chi connectivity index (χ4n) is 20.5. The highest BCUT2D eigenvalue weighted by molar-refractivity contribution is 7.00. The number of anilines is 6. The van der Waals surface area contributed by atoms with E-state index in [1.54, 1.807) is 0 Å². The lowest BCUT2D eigenvalue weighted by molar-refractivity contribution is 0.590. The molecule has 0 atom stereocenters. The molecule has 2 aliphatic heterocycles. The molecule has 0 saturated heterocycles. The lowest BCUT2D eigenvalue weighted by atomic mass is 9.33. The Kier molecular flexibility index (Phi) is 15.5. The van der Waals surface area contributed by atoms with E-state index in [1.807, 2.05) is 0 Å². The maximum Gasteiger partial charge on any atom is 0.252 e. The van der Waals surface area contributed by atoms with Gasteiger partial charge in [0, 0.05) is 99.5 Å². The van der Waals surface area contributed by atoms with Crippen molar-refractivity contribution in [3.8, 4) is 55.9 Å². The van der Waals surface area contributed by atoms with Crippen molar-refractivity contribution in [2.45, 2.75) is 78.6 Å². The van der Waals surface area contributed by atoms with E-state index in [0.717, 1.165) is 90.0 Å². The average molecular weight is 1520 g/mol. The van der Waals surface area contributed by atoms with Crippen LogP contribution in [0.25, 0.3) is 164 Å². The average Bonchev–Trinajstić information content (AvgIpc) is 1.49. The number of rotatable bonds is 8. The molecule has 19 aromatic carbocycles. The van der Waals surface area contributed by atoms with Crippen molar-refractivity contribution in [1.29, 1.82) is 0 Å². The lowest BCUT2D eigenvalue weighted by Gasteiger charge is -2.47. The van der Waals surface area contributed by atoms with Gasteiger partial charge in [0.2, 0.25) is 0 Å². The van der Waals surface area contributed by atoms with E-state index in [0.29, 0.717) is 0 Å². The summed E-state index contributed by atoms with van der Waals surface area (Å²) in [5.41, 5.74) is 29.5. The van der Waals surface area contributed by atoms with Crippen molar-refractivity contribution >= 4 is 165 Å². The summed E-state index contributed by atoms with van der Waals surface area (Å²) in [4.78, 5) is 5.55. The van der Waals surface area contributed by atoms with Gasteiger partial charge in [-0.2, -0.15) is 0 Å². The highest BCUT2D eigenvalue weighted by Gasteiger charge is 2.47. The Morgan fingerprint density at radius 1 is 0.218 bits per heavy atom. The smallest absolute Gasteiger partial charge is 0.252 e. The zero-order valence-electron chi connectivity index (χ0n) is 68.5. The van der Waals surface area contributed by atoms with Crippen molar-refractivity contribution in [3.05, 3.63) is 381 Å². The number of aromatic nitrogens is 2. The molecule has 0 amide bonds. The van der Waals surface area contributed by atoms with Crippen LogP contribution in [0.2, 0.25) is 0 Å². The minimum atomic E-state index is -0.383. The second-order valence-electron chi connectivity index (χ2n) is 36.2. The van der Waals surface area contributed by atoms with Gasteiger partial charge in [-0.15, -0.1) is 0 Å². The molecule has 0 fully saturated rings. The summed E-state index contributed by atoms with van der Waals surface area (Å²) in [6, 6.07) is 140. The zero-order chi connectivity index (χ0) is 80.1. The molecule has 0 aliphatic carbocycles. The first-order chi connectivity index (χ1) is 58.0. The Balaban J connectivity index is 0.927. The molecule has 119 heavy (non-hydrogen) atoms. The van der Waals surface area contributed by atoms with Crippen LogP contribution in [-0.4, -0.2) is 15.8 Å². The van der Waals surface area contributed by atoms with Crippen LogP contribution >= 0.6 is 0 Å². The van der Waals surface area contributed by atoms with Gasteiger partial charge in [-0.25, -0.2) is 0 Å². The minimum Gasteiger partial charge on any atom is -0.310 e. The van der Waals surface area contributed by atoms with E-state index in [1.165, 1.54) is 141 Å². The highest BCUT2D eigenvalue weighted by atomic mass is 15.2. The van der Waals surface area contributed by atoms with E-state index in [4.69, 9.17) is 0 Å². The second-order valence-corrected chi connectivity index (χ2v) is 36.2. The third kappa shape index (κ3) is 10.7. The van der Waals surface area contributed by atoms with Gasteiger partial charge in [-0.1, -0.05) is 366 Å². The first-order valence-electron chi connectivity index (χ1n) is 42.2. The lowest BCUT2D eigenvalue weighted by Crippen LogP contribution is -2.61. The predicted octanol–water partition coefficient (Wildman–Crippen LogP) is 29.4. The summed E-state index contributed by atoms with van der Waals surface area (Å²) in [5, 5.41) is 19.7. The number of nitrogens with zero attached hydrogens (tertiary/aromatic N) is 4. The third-order valence-corrected chi connectivity index (χ3v) is 26.2. The molecule has 0 saturated carbocycles. The van der Waals surface area contributed by atoms with Crippen LogP contribution in [0.1, 0.15) is 79.0 Å². The predicted molar refractivity (Wildman–Crippen MR) is 512 cm³/mol. The Morgan fingerprint density at radius 2 is 0.504 bits per heavy atom. The van der Waals surface area contributed by atoms with Crippen LogP contribution in [0.5, 0.6) is 0 Å². The zero-order valence-corrected chi connectivity index (χ0v) is 68.5. The maximum absolute atomic E-state index is 2.77. The summed E-state index contributed by atoms with van der Waals surface area (Å²) in [6.07, 6.45) is 0. The van der Waals surface area contributed by atoms with Gasteiger partial charge >= 0.3 is 0 Å². The standard InChI is InChI=1S/C114H87BN4/c1-112(2,3)76-62-93(70-34-14-10-15-35-70)108(94(63-76)71-36-16-11-17-37-71)118-99-68-79(116-106-81-44-24-22-42-74(81)54-58-91(106)103-87-50-30-26-46-83(87)85-48-28-32-52-89(85)110(103)116)56-60-97(99)115-98-61-57-80(117-107-82-45-25-23-43-75(82)55-59-92(107)104-88-51-31-27-47-84(88)86-49-29-33-53-90(86)111(104)117)69-100(98)119(102-67-78(114(7,8)9)66-101(118)105(102)115)109-95(72-38-18-12-19-39-72)64-77(113(4,5)6)65-96(109)73-40-20-13-21-41-73/h10-69H,1-9H3. The first-order valence-corrected chi connectivity index (χ1v) is 42.2. The largest absolute Gasteiger partial charge is 0.310 e. The van der Waals surface area contributed by atoms with Gasteiger partial charge in [0.25, 0.3) is 6.71 Å². The van der Waals surface area contributed by atoms with Crippen LogP contribution < -0.4 is 26.2 Å². The van der Waals surface area contributed by atoms with E-state index < -0.39 is 0 Å². The van der Waals surface area contributed by atoms with Gasteiger partial charge in [0.15, 0.2) is 0 Å². The number of benzene rings is 19. The van der Waals surface area contributed by atoms with E-state index in [9.17, 15) is 0 Å². The van der Waals surface area contributed by atoms with Crippen LogP contribution in [0.3, 0.4) is 0 Å². The molecule has 0 N–H and O–H groups in total. The fourth-order valence-corrected chi connectivity index (χ4v) is 20.5. The molecule has 566 valence electrons. The number of hydrogen-bond donors (Lipinski definition) is 0. The van der Waals surface area contributed by atoms with E-state index in [-0.39, 0.29) is 23.0 Å². The maximum atomic E-state index is 2.77. The summed E-state index contributed by atoms with van der Waals surface area (Å²) in [5.74, 6) is 0. The number of hydrogen-bond acceptors (Lipinski definition) is 2. The summed E-state index contributed by atoms with van der Waals surface area (Å²) >= 11 is 0. The molecule has 0 spiro atoms. The van der Waals surface area contributed by atoms with Crippen molar-refractivity contribution in [2.75, 3.05) is 9.80 Å². The quantitative estimate of drug-likeness (QED) is 0.111. The molecule has 2 aromatic heterocycles. The van der Waals surface area contributed by atoms with E-state index >= 15 is 0 Å². The Morgan fingerprint density at radius 3 is 0.840 bits per heavy atom. The Bertz CT molecular complexity index is 7270. The molecule has 0 radical (unpaired) electrons. The molecule has 0 bridgehead atoms. The summed E-state index contributed by atoms with van der Waals surface area (Å²) in [7, 11) is 0. The first kappa shape index (κ1) is 70.4. The van der Waals surface area contributed by atoms with Crippen LogP contribution in [0.15, 0.2) is 364 Å². The SMILES string of the molecule is CC(C)(C)c1cc(-c2ccccc2)c(N2c3cc(-n4c5c6ccccc6ccc5c5c6ccccc6c6ccccc6c54)ccc3B3c4ccc(-n5c6c7ccccc7ccc6c6c7ccccc7c7ccccc7c65)cc4N(c4c(-c5ccccc5)cc(C(C)(C)C)cc4-c4ccccc4)c4cc(C(C)(C)C)cc2c43)c(-c2ccccc2)c1. The monoisotopic (exact) mass is 1520 g/mol. The van der Waals surface area contributed by atoms with Gasteiger partial charge in [0.05, 0.1) is 33.4 Å². The minimum absolute atomic E-state index is 0.229. The molecule has 23 rings (SSSR count). The molecular weight excluding hydrogens is 1440 g/mol. The highest BCUT2D eigenvalue weighted by Crippen LogP contribution is 2.57. The summed E-state index contributed by atoms with van der Waals surface area (Å²) in [6.45, 7) is 21.2. The Labute approximate surface area is 694 Å². The van der Waals surface area contributed by atoms with Gasteiger partial charge in [-0.3, -0.25) is 0 Å². The fraction of sp³-hybridized carbons (Fsp3) is 0.105. The second kappa shape index (κ2) is 26.3. The Hall–Kier alpha value is -14.0. The molecule has 4 heterocycles.